The molecule has 1 saturated heterocycles. The third-order valence-electron chi connectivity index (χ3n) is 7.98. The van der Waals surface area contributed by atoms with Crippen LogP contribution < -0.4 is 41.9 Å². The number of aromatic nitrogens is 1. The molecular formula is C27H34N9O5+. The van der Waals surface area contributed by atoms with Gasteiger partial charge in [-0.25, -0.2) is 15.3 Å². The lowest BCUT2D eigenvalue weighted by Gasteiger charge is -2.43. The van der Waals surface area contributed by atoms with E-state index in [1.165, 1.54) is 6.20 Å². The summed E-state index contributed by atoms with van der Waals surface area (Å²) in [6.07, 6.45) is 2.09. The van der Waals surface area contributed by atoms with Crippen molar-refractivity contribution in [1.29, 1.82) is 0 Å². The standard InChI is InChI=1S/C27H33N9O5/c1-2-40-15-8-9-17(30-11-15)24(39)31-12-18-21-27(35-25(28)34-21)22(37)19(13-36(27)26(29)33-18)32-23(38)16-7-3-5-14-6-4-10-41-20(14)16/h3,5,7-9,11,18-19,21-22,37H,2,4,6,10,12-13H2,1H3,(H2,29,33)(H,31,39)(H,32,38)(H3,28,34,35)/p+1/t18-,19?,21-,22+,27-/m0/s1. The van der Waals surface area contributed by atoms with Gasteiger partial charge in [0, 0.05) is 13.1 Å². The Morgan fingerprint density at radius 1 is 1.29 bits per heavy atom. The smallest absolute Gasteiger partial charge is 0.343 e. The molecule has 2 aromatic rings. The number of amides is 2. The van der Waals surface area contributed by atoms with E-state index in [4.69, 9.17) is 20.9 Å². The Kier molecular flexibility index (Phi) is 6.77. The highest BCUT2D eigenvalue weighted by molar-refractivity contribution is 5.98. The number of aliphatic imine (C=N–C) groups is 1. The third-order valence-corrected chi connectivity index (χ3v) is 7.98. The van der Waals surface area contributed by atoms with E-state index in [-0.39, 0.29) is 36.6 Å². The molecule has 1 aromatic heterocycles. The minimum atomic E-state index is -1.20. The molecule has 4 aliphatic rings. The number of ether oxygens (including phenoxy) is 2. The summed E-state index contributed by atoms with van der Waals surface area (Å²) in [4.78, 5) is 39.8. The van der Waals surface area contributed by atoms with Gasteiger partial charge in [-0.05, 0) is 43.5 Å². The van der Waals surface area contributed by atoms with Crippen molar-refractivity contribution in [2.45, 2.75) is 49.7 Å². The van der Waals surface area contributed by atoms with E-state index in [9.17, 15) is 14.7 Å². The van der Waals surface area contributed by atoms with E-state index in [2.05, 4.69) is 30.9 Å². The van der Waals surface area contributed by atoms with Gasteiger partial charge in [0.2, 0.25) is 5.66 Å². The SMILES string of the molecule is CCOc1ccc(C(=O)NC[C@@H]2N=C(N)N3CC(NC(=O)c4cccc5c4OCCC5)[C@@H](O)[C@@]34NC(N)=[NH+][C@@H]24)nc1. The number of carbonyl (C=O) groups excluding carboxylic acids is 2. The Morgan fingerprint density at radius 3 is 2.93 bits per heavy atom. The summed E-state index contributed by atoms with van der Waals surface area (Å²) in [5.41, 5.74) is 13.0. The number of aliphatic hydroxyl groups excluding tert-OH is 1. The number of fused-ring (bicyclic) bond motifs is 1. The molecule has 41 heavy (non-hydrogen) atoms. The maximum absolute atomic E-state index is 13.4. The van der Waals surface area contributed by atoms with E-state index in [1.807, 2.05) is 19.1 Å². The molecule has 14 nitrogen and oxygen atoms in total. The molecule has 0 radical (unpaired) electrons. The first-order chi connectivity index (χ1) is 19.8. The molecule has 0 saturated carbocycles. The summed E-state index contributed by atoms with van der Waals surface area (Å²) in [7, 11) is 0. The van der Waals surface area contributed by atoms with Gasteiger partial charge in [0.1, 0.15) is 29.3 Å². The molecule has 1 spiro atoms. The zero-order valence-electron chi connectivity index (χ0n) is 22.6. The van der Waals surface area contributed by atoms with Crippen molar-refractivity contribution in [3.63, 3.8) is 0 Å². The lowest BCUT2D eigenvalue weighted by Crippen LogP contribution is -2.88. The van der Waals surface area contributed by atoms with Crippen LogP contribution in [-0.4, -0.2) is 94.9 Å². The monoisotopic (exact) mass is 564 g/mol. The number of rotatable bonds is 7. The summed E-state index contributed by atoms with van der Waals surface area (Å²) in [6, 6.07) is 6.87. The number of nitrogens with two attached hydrogens (primary N) is 2. The van der Waals surface area contributed by atoms with Crippen molar-refractivity contribution in [3.8, 4) is 11.5 Å². The molecule has 1 fully saturated rings. The van der Waals surface area contributed by atoms with Crippen LogP contribution in [0.5, 0.6) is 11.5 Å². The second-order valence-electron chi connectivity index (χ2n) is 10.4. The van der Waals surface area contributed by atoms with Gasteiger partial charge < -0.3 is 35.8 Å². The topological polar surface area (TPSA) is 203 Å². The molecule has 5 atom stereocenters. The maximum Gasteiger partial charge on any atom is 0.343 e. The molecule has 5 heterocycles. The highest BCUT2D eigenvalue weighted by atomic mass is 16.5. The quantitative estimate of drug-likeness (QED) is 0.179. The molecule has 9 N–H and O–H groups in total. The van der Waals surface area contributed by atoms with Gasteiger partial charge in [-0.1, -0.05) is 12.1 Å². The summed E-state index contributed by atoms with van der Waals surface area (Å²) in [6.45, 7) is 3.18. The molecule has 4 aliphatic heterocycles. The number of pyridine rings is 1. The fraction of sp³-hybridized carbons (Fsp3) is 0.444. The van der Waals surface area contributed by atoms with E-state index >= 15 is 0 Å². The van der Waals surface area contributed by atoms with Gasteiger partial charge in [0.15, 0.2) is 12.0 Å². The Balaban J connectivity index is 1.19. The highest BCUT2D eigenvalue weighted by Crippen LogP contribution is 2.36. The average molecular weight is 565 g/mol. The molecule has 0 bridgehead atoms. The summed E-state index contributed by atoms with van der Waals surface area (Å²) in [5, 5.41) is 20.6. The van der Waals surface area contributed by atoms with Crippen molar-refractivity contribution < 1.29 is 29.2 Å². The van der Waals surface area contributed by atoms with Gasteiger partial charge in [-0.2, -0.15) is 0 Å². The molecule has 0 aliphatic carbocycles. The Labute approximate surface area is 236 Å². The molecular weight excluding hydrogens is 530 g/mol. The second kappa shape index (κ2) is 10.4. The van der Waals surface area contributed by atoms with E-state index in [0.29, 0.717) is 30.3 Å². The van der Waals surface area contributed by atoms with Crippen LogP contribution in [0, 0.1) is 0 Å². The molecule has 2 amide bonds. The van der Waals surface area contributed by atoms with Crippen LogP contribution in [0.4, 0.5) is 0 Å². The number of benzene rings is 1. The number of hydrogen-bond donors (Lipinski definition) is 7. The summed E-state index contributed by atoms with van der Waals surface area (Å²) >= 11 is 0. The zero-order valence-corrected chi connectivity index (χ0v) is 22.6. The Bertz CT molecular complexity index is 1410. The first kappa shape index (κ1) is 26.6. The number of aryl methyl sites for hydroxylation is 1. The van der Waals surface area contributed by atoms with Gasteiger partial charge >= 0.3 is 5.96 Å². The minimum Gasteiger partial charge on any atom is -0.492 e. The largest absolute Gasteiger partial charge is 0.492 e. The van der Waals surface area contributed by atoms with Gasteiger partial charge in [0.25, 0.3) is 11.8 Å². The molecule has 1 unspecified atom stereocenters. The molecule has 1 aromatic carbocycles. The molecule has 14 heteroatoms. The van der Waals surface area contributed by atoms with Crippen molar-refractivity contribution in [2.75, 3.05) is 26.3 Å². The van der Waals surface area contributed by atoms with Crippen LogP contribution in [0.2, 0.25) is 0 Å². The second-order valence-corrected chi connectivity index (χ2v) is 10.4. The van der Waals surface area contributed by atoms with Gasteiger partial charge in [-0.15, -0.1) is 0 Å². The van der Waals surface area contributed by atoms with Crippen molar-refractivity contribution in [3.05, 3.63) is 53.3 Å². The maximum atomic E-state index is 13.4. The summed E-state index contributed by atoms with van der Waals surface area (Å²) in [5.74, 6) is 0.775. The Hall–Kier alpha value is -4.59. The number of nitrogens with one attached hydrogen (secondary N) is 4. The van der Waals surface area contributed by atoms with Crippen LogP contribution in [0.1, 0.15) is 39.8 Å². The minimum absolute atomic E-state index is 0.0911. The number of hydrogen-bond acceptors (Lipinski definition) is 11. The van der Waals surface area contributed by atoms with Crippen LogP contribution in [0.3, 0.4) is 0 Å². The van der Waals surface area contributed by atoms with Crippen molar-refractivity contribution in [1.82, 2.24) is 25.8 Å². The number of para-hydroxylation sites is 1. The normalized spacial score (nSPS) is 27.7. The fourth-order valence-corrected chi connectivity index (χ4v) is 6.16. The summed E-state index contributed by atoms with van der Waals surface area (Å²) < 4.78 is 11.2. The number of carbonyl (C=O) groups is 2. The first-order valence-corrected chi connectivity index (χ1v) is 13.7. The van der Waals surface area contributed by atoms with Crippen LogP contribution in [-0.2, 0) is 6.42 Å². The lowest BCUT2D eigenvalue weighted by molar-refractivity contribution is -0.513. The van der Waals surface area contributed by atoms with Gasteiger partial charge in [0.05, 0.1) is 31.0 Å². The van der Waals surface area contributed by atoms with Crippen LogP contribution >= 0.6 is 0 Å². The number of aliphatic hydroxyl groups is 1. The average Bonchev–Trinajstić information content (AvgIpc) is 3.47. The molecule has 6 rings (SSSR count). The number of nitrogens with zero attached hydrogens (tertiary/aromatic N) is 3. The van der Waals surface area contributed by atoms with Crippen LogP contribution in [0.25, 0.3) is 0 Å². The van der Waals surface area contributed by atoms with E-state index in [1.54, 1.807) is 23.1 Å². The molecule has 216 valence electrons. The predicted molar refractivity (Wildman–Crippen MR) is 147 cm³/mol. The highest BCUT2D eigenvalue weighted by Gasteiger charge is 2.68. The Morgan fingerprint density at radius 2 is 2.15 bits per heavy atom. The van der Waals surface area contributed by atoms with Crippen molar-refractivity contribution >= 4 is 23.7 Å². The lowest BCUT2D eigenvalue weighted by atomic mass is 9.87. The fourth-order valence-electron chi connectivity index (χ4n) is 6.16. The van der Waals surface area contributed by atoms with E-state index in [0.717, 1.165) is 18.4 Å². The first-order valence-electron chi connectivity index (χ1n) is 13.7. The number of guanidine groups is 2. The van der Waals surface area contributed by atoms with Crippen LogP contribution in [0.15, 0.2) is 41.5 Å². The van der Waals surface area contributed by atoms with Gasteiger partial charge in [-0.3, -0.25) is 20.3 Å². The third kappa shape index (κ3) is 4.53. The predicted octanol–water partition coefficient (Wildman–Crippen LogP) is -3.23. The van der Waals surface area contributed by atoms with E-state index < -0.39 is 35.8 Å². The zero-order chi connectivity index (χ0) is 28.7. The van der Waals surface area contributed by atoms with Crippen molar-refractivity contribution in [2.24, 2.45) is 16.5 Å².